The topological polar surface area (TPSA) is 38.8 Å². The Labute approximate surface area is 147 Å². The van der Waals surface area contributed by atoms with Gasteiger partial charge in [-0.15, -0.1) is 0 Å². The van der Waals surface area contributed by atoms with Gasteiger partial charge in [0.05, 0.1) is 12.5 Å². The van der Waals surface area contributed by atoms with Gasteiger partial charge in [-0.05, 0) is 24.1 Å². The second-order valence-corrected chi connectivity index (χ2v) is 6.16. The molecule has 1 aliphatic rings. The van der Waals surface area contributed by atoms with Crippen LogP contribution in [0.5, 0.6) is 5.75 Å². The lowest BCUT2D eigenvalue weighted by Gasteiger charge is -2.30. The molecule has 0 spiro atoms. The van der Waals surface area contributed by atoms with Crippen molar-refractivity contribution in [1.82, 2.24) is 4.90 Å². The SMILES string of the molecule is COCCN(Cc1ccccc1F)C(=O)[C@H]1COc2ccccc2C1. The quantitative estimate of drug-likeness (QED) is 0.809. The van der Waals surface area contributed by atoms with Crippen LogP contribution in [0.15, 0.2) is 48.5 Å². The second-order valence-electron chi connectivity index (χ2n) is 6.16. The van der Waals surface area contributed by atoms with Crippen molar-refractivity contribution < 1.29 is 18.7 Å². The highest BCUT2D eigenvalue weighted by Crippen LogP contribution is 2.28. The lowest BCUT2D eigenvalue weighted by molar-refractivity contribution is -0.138. The number of carbonyl (C=O) groups is 1. The van der Waals surface area contributed by atoms with E-state index in [1.165, 1.54) is 6.07 Å². The summed E-state index contributed by atoms with van der Waals surface area (Å²) in [6.07, 6.45) is 0.635. The highest BCUT2D eigenvalue weighted by Gasteiger charge is 2.29. The molecule has 0 saturated carbocycles. The number of ether oxygens (including phenoxy) is 2. The summed E-state index contributed by atoms with van der Waals surface area (Å²) in [4.78, 5) is 14.7. The Morgan fingerprint density at radius 2 is 2.00 bits per heavy atom. The van der Waals surface area contributed by atoms with E-state index in [4.69, 9.17) is 9.47 Å². The summed E-state index contributed by atoms with van der Waals surface area (Å²) in [5.74, 6) is 0.236. The number of para-hydroxylation sites is 1. The Balaban J connectivity index is 1.74. The van der Waals surface area contributed by atoms with Crippen molar-refractivity contribution in [2.75, 3.05) is 26.9 Å². The predicted molar refractivity (Wildman–Crippen MR) is 92.8 cm³/mol. The molecule has 0 saturated heterocycles. The van der Waals surface area contributed by atoms with Gasteiger partial charge in [-0.2, -0.15) is 0 Å². The van der Waals surface area contributed by atoms with Crippen LogP contribution in [0, 0.1) is 11.7 Å². The molecular formula is C20H22FNO3. The van der Waals surface area contributed by atoms with Crippen molar-refractivity contribution in [3.05, 3.63) is 65.5 Å². The van der Waals surface area contributed by atoms with Crippen molar-refractivity contribution in [3.8, 4) is 5.75 Å². The first kappa shape index (κ1) is 17.4. The lowest BCUT2D eigenvalue weighted by Crippen LogP contribution is -2.42. The summed E-state index contributed by atoms with van der Waals surface area (Å²) in [6.45, 7) is 1.40. The lowest BCUT2D eigenvalue weighted by atomic mass is 9.95. The van der Waals surface area contributed by atoms with E-state index in [1.54, 1.807) is 30.2 Å². The number of amides is 1. The second kappa shape index (κ2) is 8.12. The molecule has 0 unspecified atom stereocenters. The molecule has 0 aliphatic carbocycles. The minimum Gasteiger partial charge on any atom is -0.492 e. The molecule has 1 heterocycles. The number of nitrogens with zero attached hydrogens (tertiary/aromatic N) is 1. The predicted octanol–water partition coefficient (Wildman–Crippen LogP) is 3.05. The molecule has 1 atom stereocenters. The van der Waals surface area contributed by atoms with E-state index in [0.29, 0.717) is 31.7 Å². The molecule has 0 fully saturated rings. The van der Waals surface area contributed by atoms with Crippen LogP contribution in [0.25, 0.3) is 0 Å². The van der Waals surface area contributed by atoms with E-state index >= 15 is 0 Å². The van der Waals surface area contributed by atoms with Gasteiger partial charge < -0.3 is 14.4 Å². The molecule has 5 heteroatoms. The van der Waals surface area contributed by atoms with E-state index in [2.05, 4.69) is 0 Å². The van der Waals surface area contributed by atoms with E-state index in [1.807, 2.05) is 24.3 Å². The molecule has 132 valence electrons. The third-order valence-corrected chi connectivity index (χ3v) is 4.42. The Hall–Kier alpha value is -2.40. The minimum atomic E-state index is -0.303. The van der Waals surface area contributed by atoms with Crippen molar-refractivity contribution in [1.29, 1.82) is 0 Å². The zero-order valence-corrected chi connectivity index (χ0v) is 14.3. The fraction of sp³-hybridized carbons (Fsp3) is 0.350. The van der Waals surface area contributed by atoms with E-state index in [9.17, 15) is 9.18 Å². The van der Waals surface area contributed by atoms with Crippen LogP contribution < -0.4 is 4.74 Å². The van der Waals surface area contributed by atoms with Gasteiger partial charge in [0.1, 0.15) is 18.2 Å². The molecule has 0 aromatic heterocycles. The van der Waals surface area contributed by atoms with Crippen molar-refractivity contribution in [2.24, 2.45) is 5.92 Å². The number of hydrogen-bond donors (Lipinski definition) is 0. The summed E-state index contributed by atoms with van der Waals surface area (Å²) in [7, 11) is 1.59. The molecule has 3 rings (SSSR count). The molecule has 2 aromatic rings. The summed E-state index contributed by atoms with van der Waals surface area (Å²) >= 11 is 0. The highest BCUT2D eigenvalue weighted by molar-refractivity contribution is 5.79. The number of fused-ring (bicyclic) bond motifs is 1. The molecule has 2 aromatic carbocycles. The van der Waals surface area contributed by atoms with E-state index < -0.39 is 0 Å². The monoisotopic (exact) mass is 343 g/mol. The smallest absolute Gasteiger partial charge is 0.229 e. The van der Waals surface area contributed by atoms with Crippen molar-refractivity contribution >= 4 is 5.91 Å². The fourth-order valence-electron chi connectivity index (χ4n) is 3.05. The maximum Gasteiger partial charge on any atom is 0.229 e. The standard InChI is InChI=1S/C20H22FNO3/c1-24-11-10-22(13-16-7-2-4-8-18(16)21)20(23)17-12-15-6-3-5-9-19(15)25-14-17/h2-9,17H,10-14H2,1H3/t17-/m1/s1. The molecule has 4 nitrogen and oxygen atoms in total. The van der Waals surface area contributed by atoms with Crippen LogP contribution >= 0.6 is 0 Å². The molecule has 0 bridgehead atoms. The molecule has 0 radical (unpaired) electrons. The summed E-state index contributed by atoms with van der Waals surface area (Å²) in [5.41, 5.74) is 1.54. The zero-order valence-electron chi connectivity index (χ0n) is 14.3. The Morgan fingerprint density at radius 1 is 1.24 bits per heavy atom. The largest absolute Gasteiger partial charge is 0.492 e. The van der Waals surface area contributed by atoms with Gasteiger partial charge in [0.2, 0.25) is 5.91 Å². The number of carbonyl (C=O) groups excluding carboxylic acids is 1. The molecule has 0 N–H and O–H groups in total. The molecular weight excluding hydrogens is 321 g/mol. The van der Waals surface area contributed by atoms with Gasteiger partial charge >= 0.3 is 0 Å². The molecule has 1 amide bonds. The first-order chi connectivity index (χ1) is 12.2. The van der Waals surface area contributed by atoms with Gasteiger partial charge in [-0.3, -0.25) is 4.79 Å². The number of rotatable bonds is 6. The van der Waals surface area contributed by atoms with Crippen LogP contribution in [0.1, 0.15) is 11.1 Å². The third-order valence-electron chi connectivity index (χ3n) is 4.42. The first-order valence-corrected chi connectivity index (χ1v) is 8.41. The average Bonchev–Trinajstić information content (AvgIpc) is 2.65. The average molecular weight is 343 g/mol. The maximum atomic E-state index is 14.0. The van der Waals surface area contributed by atoms with Gasteiger partial charge in [0, 0.05) is 25.8 Å². The van der Waals surface area contributed by atoms with Crippen LogP contribution in [-0.2, 0) is 22.5 Å². The fourth-order valence-corrected chi connectivity index (χ4v) is 3.05. The van der Waals surface area contributed by atoms with Crippen molar-refractivity contribution in [2.45, 2.75) is 13.0 Å². The van der Waals surface area contributed by atoms with Gasteiger partial charge in [0.25, 0.3) is 0 Å². The third kappa shape index (κ3) is 4.17. The maximum absolute atomic E-state index is 14.0. The van der Waals surface area contributed by atoms with E-state index in [0.717, 1.165) is 11.3 Å². The zero-order chi connectivity index (χ0) is 17.6. The number of halogens is 1. The summed E-state index contributed by atoms with van der Waals surface area (Å²) in [6, 6.07) is 14.3. The first-order valence-electron chi connectivity index (χ1n) is 8.41. The number of methoxy groups -OCH3 is 1. The highest BCUT2D eigenvalue weighted by atomic mass is 19.1. The number of benzene rings is 2. The Kier molecular flexibility index (Phi) is 5.66. The van der Waals surface area contributed by atoms with Crippen LogP contribution in [0.2, 0.25) is 0 Å². The summed E-state index contributed by atoms with van der Waals surface area (Å²) < 4.78 is 24.8. The van der Waals surface area contributed by atoms with E-state index in [-0.39, 0.29) is 24.2 Å². The Morgan fingerprint density at radius 3 is 2.80 bits per heavy atom. The minimum absolute atomic E-state index is 0.0326. The number of hydrogen-bond acceptors (Lipinski definition) is 3. The van der Waals surface area contributed by atoms with Crippen LogP contribution in [0.3, 0.4) is 0 Å². The normalized spacial score (nSPS) is 16.0. The van der Waals surface area contributed by atoms with Gasteiger partial charge in [0.15, 0.2) is 0 Å². The van der Waals surface area contributed by atoms with Gasteiger partial charge in [-0.1, -0.05) is 36.4 Å². The Bertz CT molecular complexity index is 734. The summed E-state index contributed by atoms with van der Waals surface area (Å²) in [5, 5.41) is 0. The van der Waals surface area contributed by atoms with Gasteiger partial charge in [-0.25, -0.2) is 4.39 Å². The van der Waals surface area contributed by atoms with Crippen molar-refractivity contribution in [3.63, 3.8) is 0 Å². The van der Waals surface area contributed by atoms with Crippen LogP contribution in [0.4, 0.5) is 4.39 Å². The molecule has 25 heavy (non-hydrogen) atoms. The van der Waals surface area contributed by atoms with Crippen LogP contribution in [-0.4, -0.2) is 37.7 Å². The molecule has 1 aliphatic heterocycles.